The standard InChI is InChI=1S/C13H18BrNO.C8H14O2.C8H16O.C5H4BrNO/c1-10-2-4-11(5-3-10)9-16-13-6-12(14)7-15-8-13;1-6-2-4-7(5-3-6)8(9)10;1-7-2-4-8(6-9)5-3-7;6-4-1-5(8)3-7-2-4/h6-8,10-11H,2-5,9H2,1H3;6-7H,2-5H2,1H3,(H,9,10);7-9H,2-6H2,1H3;1-3,8H. The molecule has 3 saturated carbocycles. The van der Waals surface area contributed by atoms with Crippen LogP contribution in [0.3, 0.4) is 0 Å². The van der Waals surface area contributed by atoms with E-state index in [1.807, 2.05) is 6.07 Å². The van der Waals surface area contributed by atoms with Crippen LogP contribution in [0.25, 0.3) is 0 Å². The van der Waals surface area contributed by atoms with E-state index < -0.39 is 5.97 Å². The minimum Gasteiger partial charge on any atom is -0.506 e. The van der Waals surface area contributed by atoms with Gasteiger partial charge in [0.05, 0.1) is 24.9 Å². The first kappa shape index (κ1) is 37.5. The van der Waals surface area contributed by atoms with Crippen LogP contribution < -0.4 is 4.74 Å². The van der Waals surface area contributed by atoms with E-state index in [9.17, 15) is 4.79 Å². The van der Waals surface area contributed by atoms with Crippen LogP contribution in [0.15, 0.2) is 45.9 Å². The van der Waals surface area contributed by atoms with Crippen molar-refractivity contribution in [2.45, 2.75) is 97.8 Å². The fourth-order valence-electron chi connectivity index (χ4n) is 5.60. The van der Waals surface area contributed by atoms with Gasteiger partial charge in [-0.15, -0.1) is 0 Å². The second-order valence-electron chi connectivity index (χ2n) is 12.7. The summed E-state index contributed by atoms with van der Waals surface area (Å²) in [5, 5.41) is 26.1. The number of aromatic nitrogens is 2. The van der Waals surface area contributed by atoms with Crippen LogP contribution >= 0.6 is 31.9 Å². The van der Waals surface area contributed by atoms with E-state index in [4.69, 9.17) is 20.1 Å². The summed E-state index contributed by atoms with van der Waals surface area (Å²) in [6.07, 6.45) is 21.0. The maximum Gasteiger partial charge on any atom is 0.306 e. The zero-order valence-corrected chi connectivity index (χ0v) is 29.3. The van der Waals surface area contributed by atoms with E-state index in [-0.39, 0.29) is 11.7 Å². The molecule has 0 radical (unpaired) electrons. The van der Waals surface area contributed by atoms with Crippen molar-refractivity contribution in [2.75, 3.05) is 13.2 Å². The van der Waals surface area contributed by atoms with Gasteiger partial charge in [-0.3, -0.25) is 14.8 Å². The van der Waals surface area contributed by atoms with Gasteiger partial charge >= 0.3 is 5.97 Å². The van der Waals surface area contributed by atoms with Crippen molar-refractivity contribution >= 4 is 37.8 Å². The van der Waals surface area contributed by atoms with Gasteiger partial charge in [-0.25, -0.2) is 0 Å². The van der Waals surface area contributed by atoms with E-state index in [1.165, 1.54) is 57.6 Å². The molecular formula is C34H52Br2N2O5. The number of hydrogen-bond acceptors (Lipinski definition) is 6. The average Bonchev–Trinajstić information content (AvgIpc) is 2.98. The Balaban J connectivity index is 0.000000209. The van der Waals surface area contributed by atoms with Crippen molar-refractivity contribution in [1.82, 2.24) is 9.97 Å². The number of nitrogens with zero attached hydrogens (tertiary/aromatic N) is 2. The van der Waals surface area contributed by atoms with Crippen molar-refractivity contribution in [2.24, 2.45) is 35.5 Å². The quantitative estimate of drug-likeness (QED) is 0.281. The number of hydrogen-bond donors (Lipinski definition) is 3. The lowest BCUT2D eigenvalue weighted by Crippen LogP contribution is -2.19. The van der Waals surface area contributed by atoms with Gasteiger partial charge in [0.2, 0.25) is 0 Å². The molecule has 2 aromatic rings. The first-order valence-corrected chi connectivity index (χ1v) is 17.5. The third kappa shape index (κ3) is 16.8. The van der Waals surface area contributed by atoms with Gasteiger partial charge in [0, 0.05) is 27.9 Å². The minimum absolute atomic E-state index is 0.0452. The number of aliphatic carboxylic acids is 1. The van der Waals surface area contributed by atoms with E-state index in [2.05, 4.69) is 62.6 Å². The number of carbonyl (C=O) groups is 1. The molecule has 5 rings (SSSR count). The maximum atomic E-state index is 10.5. The Bertz CT molecular complexity index is 1020. The molecule has 0 aliphatic heterocycles. The van der Waals surface area contributed by atoms with Crippen molar-refractivity contribution in [1.29, 1.82) is 0 Å². The highest BCUT2D eigenvalue weighted by Gasteiger charge is 2.23. The van der Waals surface area contributed by atoms with Gasteiger partial charge in [0.1, 0.15) is 11.5 Å². The molecule has 9 heteroatoms. The summed E-state index contributed by atoms with van der Waals surface area (Å²) in [5.41, 5.74) is 0. The summed E-state index contributed by atoms with van der Waals surface area (Å²) < 4.78 is 7.53. The molecule has 3 fully saturated rings. The monoisotopic (exact) mass is 726 g/mol. The molecule has 3 N–H and O–H groups in total. The molecule has 0 amide bonds. The Morgan fingerprint density at radius 3 is 1.63 bits per heavy atom. The van der Waals surface area contributed by atoms with Crippen molar-refractivity contribution in [3.63, 3.8) is 0 Å². The molecule has 3 aliphatic rings. The Morgan fingerprint density at radius 1 is 0.744 bits per heavy atom. The number of pyridine rings is 2. The first-order valence-electron chi connectivity index (χ1n) is 15.9. The molecular weight excluding hydrogens is 676 g/mol. The molecule has 242 valence electrons. The van der Waals surface area contributed by atoms with Crippen LogP contribution in [0.1, 0.15) is 97.8 Å². The van der Waals surface area contributed by atoms with Gasteiger partial charge < -0.3 is 20.1 Å². The van der Waals surface area contributed by atoms with Crippen LogP contribution in [-0.4, -0.2) is 44.5 Å². The molecule has 0 aromatic carbocycles. The van der Waals surface area contributed by atoms with E-state index in [0.29, 0.717) is 12.5 Å². The highest BCUT2D eigenvalue weighted by atomic mass is 79.9. The second kappa shape index (κ2) is 21.1. The normalized spacial score (nSPS) is 26.7. The predicted octanol–water partition coefficient (Wildman–Crippen LogP) is 9.30. The Labute approximate surface area is 275 Å². The Hall–Kier alpha value is -1.71. The SMILES string of the molecule is CC1CCC(C(=O)O)CC1.CC1CCC(CO)CC1.CC1CCC(COc2cncc(Br)c2)CC1.Oc1cncc(Br)c1. The lowest BCUT2D eigenvalue weighted by molar-refractivity contribution is -0.143. The van der Waals surface area contributed by atoms with Gasteiger partial charge in [0.15, 0.2) is 0 Å². The summed E-state index contributed by atoms with van der Waals surface area (Å²) in [6, 6.07) is 3.55. The summed E-state index contributed by atoms with van der Waals surface area (Å²) in [4.78, 5) is 18.2. The van der Waals surface area contributed by atoms with Crippen LogP contribution in [0.2, 0.25) is 0 Å². The topological polar surface area (TPSA) is 113 Å². The number of aliphatic hydroxyl groups is 1. The molecule has 0 saturated heterocycles. The molecule has 2 heterocycles. The summed E-state index contributed by atoms with van der Waals surface area (Å²) >= 11 is 6.53. The van der Waals surface area contributed by atoms with E-state index in [1.54, 1.807) is 24.7 Å². The summed E-state index contributed by atoms with van der Waals surface area (Å²) in [5.74, 6) is 4.32. The summed E-state index contributed by atoms with van der Waals surface area (Å²) in [7, 11) is 0. The Morgan fingerprint density at radius 2 is 1.21 bits per heavy atom. The second-order valence-corrected chi connectivity index (χ2v) is 14.6. The number of carboxylic acid groups (broad SMARTS) is 1. The zero-order valence-electron chi connectivity index (χ0n) is 26.1. The molecule has 0 atom stereocenters. The fraction of sp³-hybridized carbons (Fsp3) is 0.676. The number of rotatable bonds is 5. The van der Waals surface area contributed by atoms with Crippen LogP contribution in [0, 0.1) is 35.5 Å². The fourth-order valence-corrected chi connectivity index (χ4v) is 6.30. The van der Waals surface area contributed by atoms with E-state index >= 15 is 0 Å². The van der Waals surface area contributed by atoms with Crippen molar-refractivity contribution in [3.05, 3.63) is 45.9 Å². The molecule has 0 bridgehead atoms. The van der Waals surface area contributed by atoms with Gasteiger partial charge in [-0.05, 0) is 125 Å². The molecule has 7 nitrogen and oxygen atoms in total. The van der Waals surface area contributed by atoms with Gasteiger partial charge in [-0.1, -0.05) is 46.5 Å². The van der Waals surface area contributed by atoms with E-state index in [0.717, 1.165) is 70.7 Å². The molecule has 3 aliphatic carbocycles. The highest BCUT2D eigenvalue weighted by molar-refractivity contribution is 9.10. The predicted molar refractivity (Wildman–Crippen MR) is 179 cm³/mol. The molecule has 0 unspecified atom stereocenters. The van der Waals surface area contributed by atoms with Crippen molar-refractivity contribution < 1.29 is 24.9 Å². The number of aromatic hydroxyl groups is 1. The average molecular weight is 729 g/mol. The van der Waals surface area contributed by atoms with Gasteiger partial charge in [0.25, 0.3) is 0 Å². The van der Waals surface area contributed by atoms with Crippen molar-refractivity contribution in [3.8, 4) is 11.5 Å². The third-order valence-corrected chi connectivity index (χ3v) is 9.62. The lowest BCUT2D eigenvalue weighted by Gasteiger charge is -2.25. The zero-order chi connectivity index (χ0) is 31.6. The first-order chi connectivity index (χ1) is 20.5. The number of halogens is 2. The van der Waals surface area contributed by atoms with Crippen LogP contribution in [0.4, 0.5) is 0 Å². The highest BCUT2D eigenvalue weighted by Crippen LogP contribution is 2.30. The van der Waals surface area contributed by atoms with Crippen LogP contribution in [-0.2, 0) is 4.79 Å². The summed E-state index contributed by atoms with van der Waals surface area (Å²) in [6.45, 7) is 8.08. The Kier molecular flexibility index (Phi) is 18.4. The number of aliphatic hydroxyl groups excluding tert-OH is 1. The largest absolute Gasteiger partial charge is 0.506 e. The third-order valence-electron chi connectivity index (χ3n) is 8.75. The van der Waals surface area contributed by atoms with Crippen LogP contribution in [0.5, 0.6) is 11.5 Å². The minimum atomic E-state index is -0.605. The molecule has 2 aromatic heterocycles. The van der Waals surface area contributed by atoms with Gasteiger partial charge in [-0.2, -0.15) is 0 Å². The smallest absolute Gasteiger partial charge is 0.306 e. The lowest BCUT2D eigenvalue weighted by atomic mass is 9.83. The molecule has 43 heavy (non-hydrogen) atoms. The maximum absolute atomic E-state index is 10.5. The number of ether oxygens (including phenoxy) is 1. The molecule has 0 spiro atoms. The number of carboxylic acids is 1.